The van der Waals surface area contributed by atoms with Gasteiger partial charge in [-0.2, -0.15) is 0 Å². The Morgan fingerprint density at radius 1 is 0.852 bits per heavy atom. The van der Waals surface area contributed by atoms with E-state index in [1.807, 2.05) is 0 Å². The van der Waals surface area contributed by atoms with Crippen LogP contribution < -0.4 is 11.5 Å². The van der Waals surface area contributed by atoms with E-state index in [1.54, 1.807) is 0 Å². The van der Waals surface area contributed by atoms with Crippen molar-refractivity contribution in [2.45, 2.75) is 37.2 Å². The van der Waals surface area contributed by atoms with Crippen LogP contribution in [0, 0.1) is 0 Å². The average molecular weight is 412 g/mol. The number of ether oxygens (including phenoxy) is 4. The number of nitrogens with two attached hydrogens (primary N) is 2. The van der Waals surface area contributed by atoms with Gasteiger partial charge in [-0.25, -0.2) is 9.59 Å². The van der Waals surface area contributed by atoms with Gasteiger partial charge in [-0.05, 0) is 13.8 Å². The van der Waals surface area contributed by atoms with Gasteiger partial charge < -0.3 is 35.3 Å². The molecule has 0 rings (SSSR count). The first kappa shape index (κ1) is 25.0. The van der Waals surface area contributed by atoms with Crippen LogP contribution in [0.25, 0.3) is 0 Å². The summed E-state index contributed by atoms with van der Waals surface area (Å²) in [5, 5.41) is -5.96. The Kier molecular flexibility index (Phi) is 9.06. The molecule has 2 atom stereocenters. The molecule has 27 heavy (non-hydrogen) atoms. The van der Waals surface area contributed by atoms with Gasteiger partial charge >= 0.3 is 23.9 Å². The molecule has 0 bridgehead atoms. The Labute approximate surface area is 155 Å². The summed E-state index contributed by atoms with van der Waals surface area (Å²) in [7, 11) is -3.54. The Balaban J connectivity index is 6.52. The minimum absolute atomic E-state index is 0.257. The second-order valence-corrected chi connectivity index (χ2v) is 8.12. The van der Waals surface area contributed by atoms with Crippen molar-refractivity contribution >= 4 is 31.2 Å². The Morgan fingerprint density at radius 2 is 1.15 bits per heavy atom. The summed E-state index contributed by atoms with van der Waals surface area (Å²) in [6.45, 7) is 2.25. The molecule has 2 unspecified atom stereocenters. The molecule has 12 nitrogen and oxygen atoms in total. The number of methoxy groups -OCH3 is 2. The summed E-state index contributed by atoms with van der Waals surface area (Å²) < 4.78 is 31.4. The summed E-state index contributed by atoms with van der Waals surface area (Å²) in [6.07, 6.45) is -2.29. The van der Waals surface area contributed by atoms with E-state index in [4.69, 9.17) is 11.5 Å². The molecule has 0 aromatic heterocycles. The van der Waals surface area contributed by atoms with Gasteiger partial charge in [-0.3, -0.25) is 14.2 Å². The van der Waals surface area contributed by atoms with Crippen molar-refractivity contribution in [2.24, 2.45) is 11.5 Å². The highest BCUT2D eigenvalue weighted by Gasteiger charge is 2.67. The molecule has 0 heterocycles. The maximum atomic E-state index is 13.3. The fraction of sp³-hybridized carbons (Fsp3) is 0.714. The molecule has 0 aromatic rings. The summed E-state index contributed by atoms with van der Waals surface area (Å²) in [5.41, 5.74) is 11.6. The van der Waals surface area contributed by atoms with E-state index < -0.39 is 54.6 Å². The van der Waals surface area contributed by atoms with Crippen LogP contribution in [0.4, 0.5) is 0 Å². The van der Waals surface area contributed by atoms with E-state index >= 15 is 0 Å². The molecule has 13 heteroatoms. The van der Waals surface area contributed by atoms with Crippen LogP contribution in [0.15, 0.2) is 0 Å². The van der Waals surface area contributed by atoms with Gasteiger partial charge in [0.2, 0.25) is 10.6 Å². The summed E-state index contributed by atoms with van der Waals surface area (Å²) >= 11 is 0. The van der Waals surface area contributed by atoms with Gasteiger partial charge in [-0.15, -0.1) is 0 Å². The fourth-order valence-electron chi connectivity index (χ4n) is 2.06. The molecular weight excluding hydrogens is 387 g/mol. The molecular formula is C14H25N2O10P. The first-order chi connectivity index (χ1) is 12.4. The molecule has 0 spiro atoms. The minimum atomic E-state index is -5.44. The number of carbonyl (C=O) groups is 4. The number of hydrogen-bond acceptors (Lipinski definition) is 11. The number of esters is 4. The molecule has 0 radical (unpaired) electrons. The minimum Gasteiger partial charge on any atom is -0.469 e. The molecule has 156 valence electrons. The van der Waals surface area contributed by atoms with E-state index in [0.29, 0.717) is 0 Å². The molecule has 0 fully saturated rings. The van der Waals surface area contributed by atoms with Gasteiger partial charge in [0.05, 0.1) is 40.3 Å². The van der Waals surface area contributed by atoms with Crippen LogP contribution in [0.3, 0.4) is 0 Å². The third-order valence-electron chi connectivity index (χ3n) is 3.62. The predicted molar refractivity (Wildman–Crippen MR) is 90.2 cm³/mol. The van der Waals surface area contributed by atoms with Crippen LogP contribution in [-0.4, -0.2) is 66.8 Å². The number of rotatable bonds is 10. The SMILES string of the molecule is CCOC(=O)C(N)(CC(=O)OC)P(=O)(O)C(N)(CC(=O)OC)C(=O)OCC. The molecule has 0 aromatic carbocycles. The maximum absolute atomic E-state index is 13.3. The highest BCUT2D eigenvalue weighted by atomic mass is 31.2. The quantitative estimate of drug-likeness (QED) is 0.221. The molecule has 0 saturated carbocycles. The zero-order valence-corrected chi connectivity index (χ0v) is 16.4. The van der Waals surface area contributed by atoms with Gasteiger partial charge in [0.15, 0.2) is 0 Å². The molecule has 0 aliphatic carbocycles. The van der Waals surface area contributed by atoms with Crippen LogP contribution in [-0.2, 0) is 42.7 Å². The number of hydrogen-bond donors (Lipinski definition) is 3. The lowest BCUT2D eigenvalue weighted by atomic mass is 10.2. The maximum Gasteiger partial charge on any atom is 0.336 e. The third kappa shape index (κ3) is 5.04. The standard InChI is InChI=1S/C14H25N2O10P/c1-5-25-11(19)13(15,7-9(17)23-3)27(21,22)14(16,8-10(18)24-4)12(20)26-6-2/h5-8,15-16H2,1-4H3,(H,21,22). The van der Waals surface area contributed by atoms with Crippen molar-refractivity contribution in [3.8, 4) is 0 Å². The van der Waals surface area contributed by atoms with Crippen molar-refractivity contribution in [2.75, 3.05) is 27.4 Å². The van der Waals surface area contributed by atoms with Gasteiger partial charge in [0.1, 0.15) is 0 Å². The average Bonchev–Trinajstić information content (AvgIpc) is 2.60. The van der Waals surface area contributed by atoms with Crippen molar-refractivity contribution in [1.82, 2.24) is 0 Å². The van der Waals surface area contributed by atoms with Crippen molar-refractivity contribution in [3.63, 3.8) is 0 Å². The van der Waals surface area contributed by atoms with E-state index in [-0.39, 0.29) is 13.2 Å². The molecule has 0 aliphatic rings. The summed E-state index contributed by atoms with van der Waals surface area (Å²) in [6, 6.07) is 0. The Morgan fingerprint density at radius 3 is 1.37 bits per heavy atom. The van der Waals surface area contributed by atoms with E-state index in [2.05, 4.69) is 18.9 Å². The molecule has 0 amide bonds. The van der Waals surface area contributed by atoms with Gasteiger partial charge in [0, 0.05) is 0 Å². The zero-order valence-electron chi connectivity index (χ0n) is 15.6. The van der Waals surface area contributed by atoms with Crippen molar-refractivity contribution < 1.29 is 47.6 Å². The normalized spacial score (nSPS) is 17.4. The lowest BCUT2D eigenvalue weighted by Crippen LogP contribution is -2.61. The first-order valence-electron chi connectivity index (χ1n) is 7.76. The van der Waals surface area contributed by atoms with Gasteiger partial charge in [0.25, 0.3) is 7.37 Å². The van der Waals surface area contributed by atoms with E-state index in [0.717, 1.165) is 14.2 Å². The second-order valence-electron chi connectivity index (χ2n) is 5.37. The van der Waals surface area contributed by atoms with E-state index in [9.17, 15) is 28.6 Å². The van der Waals surface area contributed by atoms with Crippen LogP contribution >= 0.6 is 7.37 Å². The Bertz CT molecular complexity index is 589. The fourth-order valence-corrected chi connectivity index (χ4v) is 4.08. The highest BCUT2D eigenvalue weighted by Crippen LogP contribution is 2.63. The smallest absolute Gasteiger partial charge is 0.336 e. The number of carbonyl (C=O) groups excluding carboxylic acids is 4. The predicted octanol–water partition coefficient (Wildman–Crippen LogP) is -1.18. The lowest BCUT2D eigenvalue weighted by Gasteiger charge is -2.39. The van der Waals surface area contributed by atoms with Crippen molar-refractivity contribution in [3.05, 3.63) is 0 Å². The zero-order chi connectivity index (χ0) is 21.5. The highest BCUT2D eigenvalue weighted by molar-refractivity contribution is 7.63. The summed E-state index contributed by atoms with van der Waals surface area (Å²) in [5.74, 6) is -5.26. The molecule has 5 N–H and O–H groups in total. The van der Waals surface area contributed by atoms with E-state index in [1.165, 1.54) is 13.8 Å². The Hall–Kier alpha value is -2.01. The monoisotopic (exact) mass is 412 g/mol. The first-order valence-corrected chi connectivity index (χ1v) is 9.42. The van der Waals surface area contributed by atoms with Crippen LogP contribution in [0.2, 0.25) is 0 Å². The lowest BCUT2D eigenvalue weighted by molar-refractivity contribution is -0.154. The van der Waals surface area contributed by atoms with Crippen LogP contribution in [0.5, 0.6) is 0 Å². The molecule has 0 aliphatic heterocycles. The van der Waals surface area contributed by atoms with Crippen LogP contribution in [0.1, 0.15) is 26.7 Å². The topological polar surface area (TPSA) is 195 Å². The molecule has 0 saturated heterocycles. The van der Waals surface area contributed by atoms with Crippen molar-refractivity contribution in [1.29, 1.82) is 0 Å². The largest absolute Gasteiger partial charge is 0.469 e. The van der Waals surface area contributed by atoms with Gasteiger partial charge in [-0.1, -0.05) is 0 Å². The third-order valence-corrected chi connectivity index (χ3v) is 6.47. The second kappa shape index (κ2) is 9.79. The summed E-state index contributed by atoms with van der Waals surface area (Å²) in [4.78, 5) is 58.8.